The molecule has 12 nitrogen and oxygen atoms in total. The molecule has 0 atom stereocenters. The molecule has 63 heavy (non-hydrogen) atoms. The van der Waals surface area contributed by atoms with Crippen LogP contribution in [0.4, 0.5) is 11.4 Å². The highest BCUT2D eigenvalue weighted by Gasteiger charge is 2.24. The first-order valence-corrected chi connectivity index (χ1v) is 21.3. The summed E-state index contributed by atoms with van der Waals surface area (Å²) in [6.45, 7) is 1.05. The van der Waals surface area contributed by atoms with Crippen LogP contribution in [0.5, 0.6) is 5.75 Å². The first-order valence-electron chi connectivity index (χ1n) is 21.3. The van der Waals surface area contributed by atoms with E-state index in [1.807, 2.05) is 162 Å². The molecule has 0 fully saturated rings. The largest absolute Gasteiger partial charge is 0.493 e. The van der Waals surface area contributed by atoms with Crippen LogP contribution in [-0.4, -0.2) is 41.3 Å². The fourth-order valence-corrected chi connectivity index (χ4v) is 7.83. The number of aromatic nitrogens is 3. The number of benzene rings is 4. The van der Waals surface area contributed by atoms with Crippen LogP contribution in [0.25, 0.3) is 27.3 Å². The second-order valence-corrected chi connectivity index (χ2v) is 15.9. The number of hydrogen-bond acceptors (Lipinski definition) is 6. The predicted octanol–water partition coefficient (Wildman–Crippen LogP) is 8.66. The van der Waals surface area contributed by atoms with Crippen LogP contribution in [0.15, 0.2) is 157 Å². The zero-order valence-corrected chi connectivity index (χ0v) is 35.8. The Hall–Kier alpha value is -7.44. The van der Waals surface area contributed by atoms with E-state index in [1.54, 1.807) is 18.3 Å². The molecule has 4 aromatic carbocycles. The van der Waals surface area contributed by atoms with Gasteiger partial charge in [0.25, 0.3) is 11.4 Å². The molecule has 2 N–H and O–H groups in total. The predicted molar refractivity (Wildman–Crippen MR) is 242 cm³/mol. The topological polar surface area (TPSA) is 130 Å². The fourth-order valence-electron chi connectivity index (χ4n) is 7.83. The molecule has 0 saturated carbocycles. The smallest absolute Gasteiger partial charge is 0.342 e. The van der Waals surface area contributed by atoms with E-state index in [9.17, 15) is 14.7 Å². The van der Waals surface area contributed by atoms with Crippen molar-refractivity contribution in [2.75, 3.05) is 19.0 Å². The van der Waals surface area contributed by atoms with Gasteiger partial charge >= 0.3 is 11.8 Å². The molecule has 0 bridgehead atoms. The zero-order chi connectivity index (χ0) is 43.7. The maximum Gasteiger partial charge on any atom is 0.342 e. The lowest BCUT2D eigenvalue weighted by Gasteiger charge is -2.37. The van der Waals surface area contributed by atoms with E-state index in [0.717, 1.165) is 71.6 Å². The van der Waals surface area contributed by atoms with Gasteiger partial charge in [-0.15, -0.1) is 0 Å². The average molecular weight is 840 g/mol. The standard InChI is InChI=1S/C51H49N8O4/c1-56-33-41(28-39-18-11-13-21-47(39)56)52-50(61)45-30-44(31-46(54-45)51(62)53-42-29-40-19-12-14-22-48(40)57(2)34-42)63-27-15-6-4-5-10-20-43-35-59(55-58(43)3)32-36-23-25-38(26-24-36)49(60)37-16-8-7-9-17-37/h7-9,11-14,16-19,21-26,28-31,33-35H,4-6,10,15,20,27,32H2,1-3H3/p+2. The third-order valence-corrected chi connectivity index (χ3v) is 11.1. The Bertz CT molecular complexity index is 2830. The number of pyridine rings is 3. The second kappa shape index (κ2) is 19.5. The molecule has 7 aromatic rings. The van der Waals surface area contributed by atoms with Crippen LogP contribution in [0.1, 0.15) is 76.2 Å². The highest BCUT2D eigenvalue weighted by atomic mass is 16.5. The number of aromatic amines is 1. The maximum absolute atomic E-state index is 13.7. The van der Waals surface area contributed by atoms with E-state index in [1.165, 1.54) is 0 Å². The molecule has 3 aromatic heterocycles. The lowest BCUT2D eigenvalue weighted by molar-refractivity contribution is -0.644. The summed E-state index contributed by atoms with van der Waals surface area (Å²) in [7, 11) is 5.82. The number of amides is 1. The average Bonchev–Trinajstić information content (AvgIpc) is 3.65. The van der Waals surface area contributed by atoms with Crippen molar-refractivity contribution >= 4 is 50.8 Å². The number of allylic oxidation sites excluding steroid dienone is 1. The number of nitrogens with one attached hydrogen (secondary N) is 2. The zero-order valence-electron chi connectivity index (χ0n) is 35.8. The number of carbonyl (C=O) groups is 2. The number of H-pyrrole nitrogens is 1. The molecule has 1 aliphatic rings. The highest BCUT2D eigenvalue weighted by molar-refractivity contribution is 6.09. The summed E-state index contributed by atoms with van der Waals surface area (Å²) in [5.74, 6) is -0.507. The summed E-state index contributed by atoms with van der Waals surface area (Å²) in [4.78, 5) is 34.0. The molecule has 317 valence electrons. The van der Waals surface area contributed by atoms with Crippen molar-refractivity contribution in [2.45, 2.75) is 45.1 Å². The van der Waals surface area contributed by atoms with E-state index >= 15 is 0 Å². The summed E-state index contributed by atoms with van der Waals surface area (Å²) in [5, 5.41) is 22.5. The molecule has 12 heteroatoms. The molecular weight excluding hydrogens is 789 g/mol. The van der Waals surface area contributed by atoms with Gasteiger partial charge in [0.2, 0.25) is 11.0 Å². The number of aryl methyl sites for hydroxylation is 2. The van der Waals surface area contributed by atoms with Crippen LogP contribution in [0.2, 0.25) is 0 Å². The van der Waals surface area contributed by atoms with Crippen molar-refractivity contribution in [3.63, 3.8) is 0 Å². The van der Waals surface area contributed by atoms with Crippen LogP contribution in [0, 0.1) is 0 Å². The molecule has 1 aliphatic heterocycles. The number of ether oxygens (including phenoxy) is 1. The number of fused-ring (bicyclic) bond motifs is 2. The SMILES string of the molecule is CN1[N-]N(Cc2ccc(C(=O)c3ccccc3)cc2)C=C1CCCCCCCOc1cc(C(=O)Nc2cc3ccccc3[n+](C)c2)[nH+]c(C([O])=Nc2cc3ccccc3[n+](C)c2)c1. The van der Waals surface area contributed by atoms with E-state index < -0.39 is 11.8 Å². The lowest BCUT2D eigenvalue weighted by atomic mass is 10.0. The minimum atomic E-state index is -0.522. The molecule has 0 spiro atoms. The third-order valence-electron chi connectivity index (χ3n) is 11.1. The Balaban J connectivity index is 0.852. The van der Waals surface area contributed by atoms with Gasteiger partial charge in [-0.25, -0.2) is 0 Å². The van der Waals surface area contributed by atoms with Crippen LogP contribution in [0.3, 0.4) is 0 Å². The molecule has 1 radical (unpaired) electrons. The van der Waals surface area contributed by atoms with Gasteiger partial charge in [0.05, 0.1) is 18.7 Å². The van der Waals surface area contributed by atoms with Gasteiger partial charge in [0, 0.05) is 52.5 Å². The maximum atomic E-state index is 13.7. The lowest BCUT2D eigenvalue weighted by Crippen LogP contribution is -2.31. The second-order valence-electron chi connectivity index (χ2n) is 15.9. The Morgan fingerprint density at radius 2 is 1.37 bits per heavy atom. The van der Waals surface area contributed by atoms with Crippen LogP contribution in [-0.2, 0) is 25.7 Å². The fraction of sp³-hybridized carbons (Fsp3) is 0.216. The summed E-state index contributed by atoms with van der Waals surface area (Å²) in [6, 6.07) is 39.9. The number of aliphatic imine (C=N–C) groups is 1. The monoisotopic (exact) mass is 839 g/mol. The van der Waals surface area contributed by atoms with Crippen molar-refractivity contribution in [2.24, 2.45) is 19.1 Å². The first-order chi connectivity index (χ1) is 30.7. The molecule has 4 heterocycles. The normalized spacial score (nSPS) is 12.8. The minimum Gasteiger partial charge on any atom is -0.493 e. The summed E-state index contributed by atoms with van der Waals surface area (Å²) in [5.41, 5.74) is 11.7. The summed E-state index contributed by atoms with van der Waals surface area (Å²) < 4.78 is 10.1. The Labute approximate surface area is 367 Å². The van der Waals surface area contributed by atoms with Gasteiger partial charge in [-0.05, 0) is 56.1 Å². The van der Waals surface area contributed by atoms with Crippen molar-refractivity contribution in [3.05, 3.63) is 185 Å². The summed E-state index contributed by atoms with van der Waals surface area (Å²) in [6.07, 6.45) is 11.6. The van der Waals surface area contributed by atoms with Crippen LogP contribution >= 0.6 is 0 Å². The van der Waals surface area contributed by atoms with Crippen molar-refractivity contribution in [3.8, 4) is 5.75 Å². The molecular formula is C51H51N8O4+2. The van der Waals surface area contributed by atoms with E-state index in [-0.39, 0.29) is 17.2 Å². The quantitative estimate of drug-likeness (QED) is 0.0323. The number of hydrogen-bond donors (Lipinski definition) is 1. The van der Waals surface area contributed by atoms with Gasteiger partial charge in [-0.3, -0.25) is 14.7 Å². The summed E-state index contributed by atoms with van der Waals surface area (Å²) >= 11 is 0. The minimum absolute atomic E-state index is 0.0157. The Kier molecular flexibility index (Phi) is 13.1. The molecule has 0 unspecified atom stereocenters. The van der Waals surface area contributed by atoms with Crippen molar-refractivity contribution < 1.29 is 33.6 Å². The van der Waals surface area contributed by atoms with Gasteiger partial charge < -0.3 is 25.6 Å². The molecule has 0 saturated heterocycles. The first kappa shape index (κ1) is 42.3. The molecule has 0 aliphatic carbocycles. The van der Waals surface area contributed by atoms with E-state index in [2.05, 4.69) is 27.0 Å². The number of nitrogens with zero attached hydrogens (tertiary/aromatic N) is 6. The Morgan fingerprint density at radius 3 is 2.13 bits per heavy atom. The number of carbonyl (C=O) groups excluding carboxylic acids is 2. The van der Waals surface area contributed by atoms with Crippen molar-refractivity contribution in [1.29, 1.82) is 0 Å². The van der Waals surface area contributed by atoms with Crippen LogP contribution < -0.4 is 24.2 Å². The number of unbranched alkanes of at least 4 members (excludes halogenated alkanes) is 4. The number of rotatable bonds is 17. The Morgan fingerprint density at radius 1 is 0.730 bits per heavy atom. The number of para-hydroxylation sites is 2. The van der Waals surface area contributed by atoms with E-state index in [0.29, 0.717) is 41.4 Å². The van der Waals surface area contributed by atoms with Gasteiger partial charge in [0.15, 0.2) is 18.2 Å². The van der Waals surface area contributed by atoms with Crippen molar-refractivity contribution in [1.82, 2.24) is 10.0 Å². The third kappa shape index (κ3) is 10.5. The van der Waals surface area contributed by atoms with Gasteiger partial charge in [-0.1, -0.05) is 98.1 Å². The molecule has 1 amide bonds. The van der Waals surface area contributed by atoms with E-state index in [4.69, 9.17) is 4.74 Å². The molecule has 8 rings (SSSR count). The number of anilines is 1. The highest BCUT2D eigenvalue weighted by Crippen LogP contribution is 2.28. The van der Waals surface area contributed by atoms with Gasteiger partial charge in [0.1, 0.15) is 31.2 Å². The number of ketones is 1. The van der Waals surface area contributed by atoms with Gasteiger partial charge in [-0.2, -0.15) is 19.1 Å².